The third-order valence-corrected chi connectivity index (χ3v) is 7.26. The first-order valence-corrected chi connectivity index (χ1v) is 10.7. The minimum Gasteiger partial charge on any atom is -0.495 e. The quantitative estimate of drug-likeness (QED) is 0.489. The summed E-state index contributed by atoms with van der Waals surface area (Å²) in [6, 6.07) is 8.69. The minimum absolute atomic E-state index is 0.0722. The molecule has 2 aromatic rings. The number of benzene rings is 2. The van der Waals surface area contributed by atoms with Gasteiger partial charge in [0.05, 0.1) is 24.0 Å². The second-order valence-electron chi connectivity index (χ2n) is 5.59. The van der Waals surface area contributed by atoms with Gasteiger partial charge in [-0.2, -0.15) is 0 Å². The minimum atomic E-state index is -3.57. The third kappa shape index (κ3) is 3.68. The van der Waals surface area contributed by atoms with Crippen LogP contribution in [0, 0.1) is 14.1 Å². The molecule has 124 valence electrons. The zero-order valence-electron chi connectivity index (χ0n) is 13.4. The SMILES string of the molecule is COc1c(I)cc(S(=O)(=O)c2ccc(C)cc2)c(C(C)C)c1I. The van der Waals surface area contributed by atoms with Crippen molar-refractivity contribution in [1.82, 2.24) is 0 Å². The van der Waals surface area contributed by atoms with Gasteiger partial charge in [0.2, 0.25) is 9.84 Å². The first-order chi connectivity index (χ1) is 10.7. The molecule has 6 heteroatoms. The molecule has 0 heterocycles. The topological polar surface area (TPSA) is 43.4 Å². The molecule has 23 heavy (non-hydrogen) atoms. The Hall–Kier alpha value is -0.350. The Labute approximate surface area is 165 Å². The maximum atomic E-state index is 13.1. The van der Waals surface area contributed by atoms with Gasteiger partial charge in [-0.3, -0.25) is 0 Å². The van der Waals surface area contributed by atoms with Crippen molar-refractivity contribution in [3.05, 3.63) is 48.6 Å². The van der Waals surface area contributed by atoms with Gasteiger partial charge in [0.1, 0.15) is 5.75 Å². The van der Waals surface area contributed by atoms with Crippen LogP contribution in [0.15, 0.2) is 40.1 Å². The van der Waals surface area contributed by atoms with Gasteiger partial charge in [0, 0.05) is 0 Å². The second-order valence-corrected chi connectivity index (χ2v) is 9.75. The van der Waals surface area contributed by atoms with Gasteiger partial charge in [0.25, 0.3) is 0 Å². The van der Waals surface area contributed by atoms with E-state index >= 15 is 0 Å². The van der Waals surface area contributed by atoms with Gasteiger partial charge in [-0.05, 0) is 81.8 Å². The molecule has 0 aliphatic heterocycles. The summed E-state index contributed by atoms with van der Waals surface area (Å²) in [7, 11) is -1.96. The van der Waals surface area contributed by atoms with E-state index in [1.54, 1.807) is 25.3 Å². The lowest BCUT2D eigenvalue weighted by Gasteiger charge is -2.19. The predicted molar refractivity (Wildman–Crippen MR) is 109 cm³/mol. The maximum absolute atomic E-state index is 13.1. The van der Waals surface area contributed by atoms with E-state index in [1.165, 1.54) is 0 Å². The molecular weight excluding hydrogens is 538 g/mol. The van der Waals surface area contributed by atoms with Crippen molar-refractivity contribution in [1.29, 1.82) is 0 Å². The van der Waals surface area contributed by atoms with Gasteiger partial charge in [0.15, 0.2) is 0 Å². The summed E-state index contributed by atoms with van der Waals surface area (Å²) in [5.41, 5.74) is 1.84. The smallest absolute Gasteiger partial charge is 0.206 e. The van der Waals surface area contributed by atoms with E-state index in [0.717, 1.165) is 24.0 Å². The number of ether oxygens (including phenoxy) is 1. The fraction of sp³-hybridized carbons (Fsp3) is 0.294. The Morgan fingerprint density at radius 3 is 2.13 bits per heavy atom. The van der Waals surface area contributed by atoms with Crippen molar-refractivity contribution < 1.29 is 13.2 Å². The van der Waals surface area contributed by atoms with Crippen molar-refractivity contribution in [2.45, 2.75) is 36.5 Å². The highest BCUT2D eigenvalue weighted by atomic mass is 127. The number of aryl methyl sites for hydroxylation is 1. The number of halogens is 2. The van der Waals surface area contributed by atoms with Gasteiger partial charge < -0.3 is 4.74 Å². The zero-order valence-corrected chi connectivity index (χ0v) is 18.5. The van der Waals surface area contributed by atoms with Crippen LogP contribution >= 0.6 is 45.2 Å². The second kappa shape index (κ2) is 7.26. The van der Waals surface area contributed by atoms with Crippen LogP contribution in [0.3, 0.4) is 0 Å². The molecule has 0 N–H and O–H groups in total. The summed E-state index contributed by atoms with van der Waals surface area (Å²) in [5.74, 6) is 0.806. The average Bonchev–Trinajstić information content (AvgIpc) is 2.47. The van der Waals surface area contributed by atoms with E-state index in [2.05, 4.69) is 45.2 Å². The first kappa shape index (κ1) is 19.0. The van der Waals surface area contributed by atoms with E-state index in [4.69, 9.17) is 4.74 Å². The van der Waals surface area contributed by atoms with E-state index in [0.29, 0.717) is 9.79 Å². The van der Waals surface area contributed by atoms with Gasteiger partial charge in [-0.15, -0.1) is 0 Å². The van der Waals surface area contributed by atoms with E-state index in [-0.39, 0.29) is 5.92 Å². The fourth-order valence-corrected chi connectivity index (χ4v) is 7.17. The molecule has 0 atom stereocenters. The van der Waals surface area contributed by atoms with E-state index < -0.39 is 9.84 Å². The number of sulfone groups is 1. The van der Waals surface area contributed by atoms with Gasteiger partial charge in [-0.1, -0.05) is 31.5 Å². The molecule has 0 radical (unpaired) electrons. The molecule has 0 amide bonds. The van der Waals surface area contributed by atoms with Crippen molar-refractivity contribution >= 4 is 55.0 Å². The van der Waals surface area contributed by atoms with Crippen LogP contribution in [0.25, 0.3) is 0 Å². The number of hydrogen-bond acceptors (Lipinski definition) is 3. The van der Waals surface area contributed by atoms with Crippen LogP contribution in [0.5, 0.6) is 5.75 Å². The fourth-order valence-electron chi connectivity index (χ4n) is 2.39. The lowest BCUT2D eigenvalue weighted by molar-refractivity contribution is 0.407. The molecule has 3 nitrogen and oxygen atoms in total. The summed E-state index contributed by atoms with van der Waals surface area (Å²) in [4.78, 5) is 0.688. The summed E-state index contributed by atoms with van der Waals surface area (Å²) < 4.78 is 33.4. The first-order valence-electron chi connectivity index (χ1n) is 7.07. The molecule has 0 saturated carbocycles. The van der Waals surface area contributed by atoms with E-state index in [1.807, 2.05) is 32.9 Å². The highest BCUT2D eigenvalue weighted by Gasteiger charge is 2.27. The van der Waals surface area contributed by atoms with Crippen LogP contribution in [0.2, 0.25) is 0 Å². The lowest BCUT2D eigenvalue weighted by atomic mass is 10.0. The number of methoxy groups -OCH3 is 1. The van der Waals surface area contributed by atoms with Crippen molar-refractivity contribution in [3.8, 4) is 5.75 Å². The molecule has 0 saturated heterocycles. The Morgan fingerprint density at radius 2 is 1.65 bits per heavy atom. The lowest BCUT2D eigenvalue weighted by Crippen LogP contribution is -2.10. The summed E-state index contributed by atoms with van der Waals surface area (Å²) >= 11 is 4.30. The standard InChI is InChI=1S/C17H18I2O3S/c1-10(2)15-14(9-13(18)17(22-4)16(15)19)23(20,21)12-7-5-11(3)6-8-12/h5-10H,1-4H3. The molecule has 0 bridgehead atoms. The normalized spacial score (nSPS) is 11.8. The van der Waals surface area contributed by atoms with Crippen LogP contribution in [0.4, 0.5) is 0 Å². The Bertz CT molecular complexity index is 826. The van der Waals surface area contributed by atoms with Gasteiger partial charge in [-0.25, -0.2) is 8.42 Å². The highest BCUT2D eigenvalue weighted by molar-refractivity contribution is 14.1. The molecule has 0 unspecified atom stereocenters. The van der Waals surface area contributed by atoms with Crippen LogP contribution in [0.1, 0.15) is 30.9 Å². The Morgan fingerprint density at radius 1 is 1.09 bits per heavy atom. The molecule has 0 aromatic heterocycles. The van der Waals surface area contributed by atoms with Crippen molar-refractivity contribution in [2.24, 2.45) is 0 Å². The Balaban J connectivity index is 2.78. The van der Waals surface area contributed by atoms with Crippen LogP contribution in [-0.2, 0) is 9.84 Å². The van der Waals surface area contributed by atoms with Crippen LogP contribution < -0.4 is 4.74 Å². The number of hydrogen-bond donors (Lipinski definition) is 0. The average molecular weight is 556 g/mol. The monoisotopic (exact) mass is 556 g/mol. The Kier molecular flexibility index (Phi) is 5.99. The summed E-state index contributed by atoms with van der Waals surface area (Å²) in [6.45, 7) is 5.94. The molecular formula is C17H18I2O3S. The van der Waals surface area contributed by atoms with Crippen LogP contribution in [-0.4, -0.2) is 15.5 Å². The summed E-state index contributed by atoms with van der Waals surface area (Å²) in [6.07, 6.45) is 0. The molecule has 0 fully saturated rings. The molecule has 0 aliphatic rings. The summed E-state index contributed by atoms with van der Waals surface area (Å²) in [5, 5.41) is 0. The van der Waals surface area contributed by atoms with Crippen molar-refractivity contribution in [3.63, 3.8) is 0 Å². The van der Waals surface area contributed by atoms with Crippen molar-refractivity contribution in [2.75, 3.05) is 7.11 Å². The predicted octanol–water partition coefficient (Wildman–Crippen LogP) is 5.17. The zero-order chi connectivity index (χ0) is 17.4. The molecule has 2 rings (SSSR count). The molecule has 0 spiro atoms. The van der Waals surface area contributed by atoms with Gasteiger partial charge >= 0.3 is 0 Å². The third-order valence-electron chi connectivity index (χ3n) is 3.58. The van der Waals surface area contributed by atoms with E-state index in [9.17, 15) is 8.42 Å². The maximum Gasteiger partial charge on any atom is 0.206 e. The highest BCUT2D eigenvalue weighted by Crippen LogP contribution is 2.39. The molecule has 0 aliphatic carbocycles. The largest absolute Gasteiger partial charge is 0.495 e. The molecule has 2 aromatic carbocycles. The number of rotatable bonds is 4.